The summed E-state index contributed by atoms with van der Waals surface area (Å²) in [7, 11) is 3.98. The average molecular weight is 659 g/mol. The van der Waals surface area contributed by atoms with Crippen molar-refractivity contribution in [3.63, 3.8) is 0 Å². The number of halogens is 2. The Morgan fingerprint density at radius 1 is 0.953 bits per heavy atom. The van der Waals surface area contributed by atoms with Crippen LogP contribution in [0.2, 0.25) is 10.0 Å². The number of likely N-dealkylation sites (N-methyl/N-ethyl adjacent to an activating group) is 1. The predicted molar refractivity (Wildman–Crippen MR) is 173 cm³/mol. The summed E-state index contributed by atoms with van der Waals surface area (Å²) in [5.74, 6) is 0.0852. The summed E-state index contributed by atoms with van der Waals surface area (Å²) in [4.78, 5) is 14.6. The van der Waals surface area contributed by atoms with Crippen molar-refractivity contribution in [3.05, 3.63) is 63.1 Å². The fourth-order valence-corrected chi connectivity index (χ4v) is 6.19. The van der Waals surface area contributed by atoms with Crippen molar-refractivity contribution in [1.29, 1.82) is 0 Å². The summed E-state index contributed by atoms with van der Waals surface area (Å²) in [5.41, 5.74) is 3.28. The first kappa shape index (κ1) is 35.8. The van der Waals surface area contributed by atoms with Crippen molar-refractivity contribution < 1.29 is 23.6 Å². The molecule has 2 aromatic rings. The van der Waals surface area contributed by atoms with Crippen LogP contribution in [0.5, 0.6) is 0 Å². The fraction of sp³-hybridized carbons (Fsp3) is 0.567. The topological polar surface area (TPSA) is 119 Å². The molecule has 10 nitrogen and oxygen atoms in total. The largest absolute Gasteiger partial charge is 0.593 e. The van der Waals surface area contributed by atoms with Crippen molar-refractivity contribution in [3.8, 4) is 0 Å². The minimum atomic E-state index is -1.37. The number of benzene rings is 2. The molecule has 0 radical (unpaired) electrons. The van der Waals surface area contributed by atoms with E-state index in [1.165, 1.54) is 0 Å². The zero-order valence-corrected chi connectivity index (χ0v) is 27.4. The molecule has 2 aromatic carbocycles. The lowest BCUT2D eigenvalue weighted by molar-refractivity contribution is 0.0165. The van der Waals surface area contributed by atoms with Gasteiger partial charge in [-0.25, -0.2) is 4.79 Å². The van der Waals surface area contributed by atoms with E-state index in [0.717, 1.165) is 49.2 Å². The van der Waals surface area contributed by atoms with Gasteiger partial charge in [-0.15, -0.1) is 4.72 Å². The fourth-order valence-electron chi connectivity index (χ4n) is 4.74. The Bertz CT molecular complexity index is 1120. The standard InChI is InChI=1S/C30H45Cl2N5O5S/c1-33-8-3-4-9-34-30(38)35-10-12-40-14-16-42-17-15-41-13-11-36-43(39)25-7-5-6-23(18-25)27-21-37(2)22-28-26(27)19-24(31)20-29(28)32/h5-7,18-20,27,33,36H,3-4,8-17,21-22H2,1-2H3,(H2,34,35,38). The first-order valence-electron chi connectivity index (χ1n) is 14.7. The molecule has 0 aliphatic carbocycles. The van der Waals surface area contributed by atoms with Crippen LogP contribution in [0.3, 0.4) is 0 Å². The molecule has 0 bridgehead atoms. The van der Waals surface area contributed by atoms with E-state index >= 15 is 0 Å². The van der Waals surface area contributed by atoms with E-state index in [9.17, 15) is 9.35 Å². The minimum absolute atomic E-state index is 0.0852. The highest BCUT2D eigenvalue weighted by atomic mass is 35.5. The van der Waals surface area contributed by atoms with Gasteiger partial charge in [0.2, 0.25) is 0 Å². The first-order chi connectivity index (χ1) is 20.9. The van der Waals surface area contributed by atoms with Crippen LogP contribution in [0.25, 0.3) is 0 Å². The van der Waals surface area contributed by atoms with Gasteiger partial charge in [-0.3, -0.25) is 0 Å². The second kappa shape index (κ2) is 20.4. The molecule has 0 fully saturated rings. The highest BCUT2D eigenvalue weighted by Crippen LogP contribution is 2.38. The minimum Gasteiger partial charge on any atom is -0.593 e. The van der Waals surface area contributed by atoms with Crippen molar-refractivity contribution in [2.45, 2.75) is 30.2 Å². The molecule has 2 unspecified atom stereocenters. The predicted octanol–water partition coefficient (Wildman–Crippen LogP) is 3.53. The second-order valence-electron chi connectivity index (χ2n) is 10.3. The van der Waals surface area contributed by atoms with Gasteiger partial charge in [0.25, 0.3) is 0 Å². The maximum atomic E-state index is 12.9. The lowest BCUT2D eigenvalue weighted by Gasteiger charge is -2.33. The molecule has 4 N–H and O–H groups in total. The van der Waals surface area contributed by atoms with E-state index in [-0.39, 0.29) is 11.9 Å². The second-order valence-corrected chi connectivity index (χ2v) is 12.4. The number of carbonyl (C=O) groups is 1. The van der Waals surface area contributed by atoms with E-state index in [2.05, 4.69) is 38.7 Å². The van der Waals surface area contributed by atoms with Crippen LogP contribution in [-0.4, -0.2) is 102 Å². The van der Waals surface area contributed by atoms with Gasteiger partial charge in [-0.2, -0.15) is 0 Å². The number of rotatable bonds is 20. The summed E-state index contributed by atoms with van der Waals surface area (Å²) >= 11 is 11.5. The SMILES string of the molecule is CNCCCCNC(=O)NCCOCCOCCOCCN[S+]([O-])c1cccc(C2CN(C)Cc3c(Cl)cc(Cl)cc32)c1. The van der Waals surface area contributed by atoms with E-state index in [4.69, 9.17) is 37.4 Å². The molecule has 0 aromatic heterocycles. The number of hydrogen-bond acceptors (Lipinski definition) is 8. The molecule has 2 atom stereocenters. The Morgan fingerprint density at radius 3 is 2.37 bits per heavy atom. The summed E-state index contributed by atoms with van der Waals surface area (Å²) in [5, 5.41) is 9.95. The van der Waals surface area contributed by atoms with Crippen LogP contribution in [0.15, 0.2) is 41.3 Å². The number of amides is 2. The number of unbranched alkanes of at least 4 members (excludes halogenated alkanes) is 1. The quantitative estimate of drug-likeness (QED) is 0.126. The molecule has 1 heterocycles. The van der Waals surface area contributed by atoms with Crippen LogP contribution in [-0.2, 0) is 32.1 Å². The maximum absolute atomic E-state index is 12.9. The third-order valence-corrected chi connectivity index (χ3v) is 8.57. The third-order valence-electron chi connectivity index (χ3n) is 6.86. The lowest BCUT2D eigenvalue weighted by atomic mass is 9.85. The van der Waals surface area contributed by atoms with E-state index in [1.54, 1.807) is 6.07 Å². The van der Waals surface area contributed by atoms with Crippen molar-refractivity contribution >= 4 is 40.6 Å². The highest BCUT2D eigenvalue weighted by molar-refractivity contribution is 7.89. The normalized spacial score (nSPS) is 15.7. The number of carbonyl (C=O) groups excluding carboxylic acids is 1. The van der Waals surface area contributed by atoms with Gasteiger partial charge in [0.1, 0.15) is 0 Å². The summed E-state index contributed by atoms with van der Waals surface area (Å²) in [6.45, 7) is 6.67. The Kier molecular flexibility index (Phi) is 17.0. The molecule has 3 rings (SSSR count). The number of fused-ring (bicyclic) bond motifs is 1. The van der Waals surface area contributed by atoms with Gasteiger partial charge in [0.05, 0.1) is 57.5 Å². The molecular weight excluding hydrogens is 613 g/mol. The number of nitrogens with zero attached hydrogens (tertiary/aromatic N) is 1. The first-order valence-corrected chi connectivity index (χ1v) is 16.6. The van der Waals surface area contributed by atoms with Crippen LogP contribution in [0.4, 0.5) is 4.79 Å². The molecule has 13 heteroatoms. The number of urea groups is 1. The van der Waals surface area contributed by atoms with E-state index in [1.807, 2.05) is 31.3 Å². The van der Waals surface area contributed by atoms with Crippen LogP contribution in [0, 0.1) is 0 Å². The van der Waals surface area contributed by atoms with Gasteiger partial charge >= 0.3 is 6.03 Å². The maximum Gasteiger partial charge on any atom is 0.314 e. The molecule has 240 valence electrons. The van der Waals surface area contributed by atoms with Crippen LogP contribution in [0.1, 0.15) is 35.4 Å². The zero-order valence-electron chi connectivity index (χ0n) is 25.1. The number of ether oxygens (including phenoxy) is 3. The smallest absolute Gasteiger partial charge is 0.314 e. The van der Waals surface area contributed by atoms with Crippen molar-refractivity contribution in [2.24, 2.45) is 0 Å². The van der Waals surface area contributed by atoms with Crippen LogP contribution >= 0.6 is 23.2 Å². The van der Waals surface area contributed by atoms with Gasteiger partial charge in [0, 0.05) is 42.1 Å². The highest BCUT2D eigenvalue weighted by Gasteiger charge is 2.28. The summed E-state index contributed by atoms with van der Waals surface area (Å²) < 4.78 is 32.5. The molecule has 1 aliphatic rings. The third kappa shape index (κ3) is 13.1. The number of nitrogens with one attached hydrogen (secondary N) is 4. The Balaban J connectivity index is 1.23. The molecule has 0 spiro atoms. The average Bonchev–Trinajstić information content (AvgIpc) is 2.99. The van der Waals surface area contributed by atoms with E-state index < -0.39 is 11.4 Å². The zero-order chi connectivity index (χ0) is 30.9. The Labute approximate surface area is 268 Å². The van der Waals surface area contributed by atoms with Crippen molar-refractivity contribution in [2.75, 3.05) is 86.5 Å². The molecule has 1 aliphatic heterocycles. The van der Waals surface area contributed by atoms with Gasteiger partial charge in [-0.05, 0) is 74.4 Å². The van der Waals surface area contributed by atoms with Gasteiger partial charge in [0.15, 0.2) is 4.90 Å². The Hall–Kier alpha value is -1.64. The molecule has 43 heavy (non-hydrogen) atoms. The van der Waals surface area contributed by atoms with Gasteiger partial charge < -0.3 is 39.6 Å². The van der Waals surface area contributed by atoms with Crippen LogP contribution < -0.4 is 20.7 Å². The van der Waals surface area contributed by atoms with Crippen molar-refractivity contribution in [1.82, 2.24) is 25.6 Å². The monoisotopic (exact) mass is 657 g/mol. The Morgan fingerprint density at radius 2 is 1.63 bits per heavy atom. The number of hydrogen-bond donors (Lipinski definition) is 4. The molecule has 0 saturated heterocycles. The van der Waals surface area contributed by atoms with Gasteiger partial charge in [-0.1, -0.05) is 35.3 Å². The molecular formula is C30H45Cl2N5O5S. The summed E-state index contributed by atoms with van der Waals surface area (Å²) in [6.07, 6.45) is 1.97. The summed E-state index contributed by atoms with van der Waals surface area (Å²) in [6, 6.07) is 11.4. The molecule has 2 amide bonds. The molecule has 0 saturated carbocycles. The lowest BCUT2D eigenvalue weighted by Crippen LogP contribution is -2.38. The van der Waals surface area contributed by atoms with E-state index in [0.29, 0.717) is 74.2 Å².